The van der Waals surface area contributed by atoms with Gasteiger partial charge in [-0.1, -0.05) is 37.1 Å². The Morgan fingerprint density at radius 2 is 2.36 bits per heavy atom. The van der Waals surface area contributed by atoms with Gasteiger partial charge in [0.05, 0.1) is 6.10 Å². The Kier molecular flexibility index (Phi) is 6.68. The zero-order valence-corrected chi connectivity index (χ0v) is 13.8. The van der Waals surface area contributed by atoms with E-state index in [-0.39, 0.29) is 6.10 Å². The van der Waals surface area contributed by atoms with Crippen LogP contribution in [0.25, 0.3) is 0 Å². The van der Waals surface area contributed by atoms with Crippen LogP contribution in [0.2, 0.25) is 5.02 Å². The number of carbonyl (C=O) groups is 1. The summed E-state index contributed by atoms with van der Waals surface area (Å²) >= 11 is 6.13. The van der Waals surface area contributed by atoms with E-state index in [0.29, 0.717) is 17.4 Å². The molecule has 22 heavy (non-hydrogen) atoms. The summed E-state index contributed by atoms with van der Waals surface area (Å²) in [7, 11) is 0. The number of nitrogens with two attached hydrogens (primary N) is 1. The molecule has 2 rings (SSSR count). The van der Waals surface area contributed by atoms with Crippen molar-refractivity contribution >= 4 is 17.5 Å². The average Bonchev–Trinajstić information content (AvgIpc) is 2.52. The summed E-state index contributed by atoms with van der Waals surface area (Å²) in [4.78, 5) is 11.7. The highest BCUT2D eigenvalue weighted by atomic mass is 35.5. The molecule has 1 amide bonds. The van der Waals surface area contributed by atoms with Gasteiger partial charge in [0.25, 0.3) is 0 Å². The number of primary amides is 1. The Bertz CT molecular complexity index is 489. The van der Waals surface area contributed by atoms with Crippen LogP contribution in [0.1, 0.15) is 44.3 Å². The molecule has 0 aliphatic carbocycles. The average molecular weight is 325 g/mol. The topological polar surface area (TPSA) is 64.3 Å². The molecule has 1 aliphatic heterocycles. The van der Waals surface area contributed by atoms with Gasteiger partial charge >= 0.3 is 0 Å². The summed E-state index contributed by atoms with van der Waals surface area (Å²) in [6.45, 7) is 3.94. The lowest BCUT2D eigenvalue weighted by Gasteiger charge is -2.33. The molecule has 122 valence electrons. The lowest BCUT2D eigenvalue weighted by atomic mass is 9.89. The number of nitrogens with one attached hydrogen (secondary N) is 1. The number of piperidine rings is 1. The van der Waals surface area contributed by atoms with Crippen LogP contribution in [0.3, 0.4) is 0 Å². The van der Waals surface area contributed by atoms with Crippen molar-refractivity contribution in [1.29, 1.82) is 0 Å². The highest BCUT2D eigenvalue weighted by Crippen LogP contribution is 2.33. The molecule has 3 unspecified atom stereocenters. The van der Waals surface area contributed by atoms with Gasteiger partial charge in [-0.25, -0.2) is 0 Å². The molecule has 0 aromatic heterocycles. The van der Waals surface area contributed by atoms with Gasteiger partial charge < -0.3 is 15.8 Å². The Balaban J connectivity index is 2.22. The molecule has 1 heterocycles. The molecule has 1 saturated heterocycles. The molecule has 1 aliphatic rings. The van der Waals surface area contributed by atoms with Crippen LogP contribution >= 0.6 is 11.6 Å². The first-order valence-electron chi connectivity index (χ1n) is 8.02. The molecule has 4 nitrogen and oxygen atoms in total. The van der Waals surface area contributed by atoms with Gasteiger partial charge in [-0.05, 0) is 43.5 Å². The second-order valence-electron chi connectivity index (χ2n) is 5.90. The molecule has 1 fully saturated rings. The van der Waals surface area contributed by atoms with Crippen LogP contribution in [-0.2, 0) is 9.53 Å². The van der Waals surface area contributed by atoms with Gasteiger partial charge in [0.15, 0.2) is 0 Å². The fraction of sp³-hybridized carbons (Fsp3) is 0.588. The quantitative estimate of drug-likeness (QED) is 0.810. The second-order valence-corrected chi connectivity index (χ2v) is 6.33. The van der Waals surface area contributed by atoms with E-state index in [4.69, 9.17) is 22.1 Å². The summed E-state index contributed by atoms with van der Waals surface area (Å²) in [6.07, 6.45) is 2.99. The van der Waals surface area contributed by atoms with E-state index in [9.17, 15) is 4.79 Å². The SMILES string of the molecule is CCCC(OC(c1cccc(Cl)c1)C1CCCNC1)C(N)=O. The summed E-state index contributed by atoms with van der Waals surface area (Å²) in [5.41, 5.74) is 6.52. The highest BCUT2D eigenvalue weighted by molar-refractivity contribution is 6.30. The molecule has 0 radical (unpaired) electrons. The standard InChI is InChI=1S/C17H25ClN2O2/c1-2-5-15(17(19)21)22-16(13-7-4-9-20-11-13)12-6-3-8-14(18)10-12/h3,6,8,10,13,15-16,20H,2,4-5,7,9,11H2,1H3,(H2,19,21). The van der Waals surface area contributed by atoms with Crippen molar-refractivity contribution in [1.82, 2.24) is 5.32 Å². The Labute approximate surface area is 137 Å². The van der Waals surface area contributed by atoms with Crippen LogP contribution in [-0.4, -0.2) is 25.1 Å². The van der Waals surface area contributed by atoms with Crippen molar-refractivity contribution in [3.8, 4) is 0 Å². The van der Waals surface area contributed by atoms with Gasteiger partial charge in [0.2, 0.25) is 5.91 Å². The molecule has 0 spiro atoms. The smallest absolute Gasteiger partial charge is 0.246 e. The van der Waals surface area contributed by atoms with Gasteiger partial charge in [-0.2, -0.15) is 0 Å². The fourth-order valence-electron chi connectivity index (χ4n) is 3.00. The van der Waals surface area contributed by atoms with E-state index < -0.39 is 12.0 Å². The number of rotatable bonds is 7. The molecule has 0 bridgehead atoms. The van der Waals surface area contributed by atoms with Crippen molar-refractivity contribution in [2.45, 2.75) is 44.8 Å². The third-order valence-electron chi connectivity index (χ3n) is 4.12. The fourth-order valence-corrected chi connectivity index (χ4v) is 3.20. The van der Waals surface area contributed by atoms with E-state index >= 15 is 0 Å². The number of halogens is 1. The highest BCUT2D eigenvalue weighted by Gasteiger charge is 2.30. The van der Waals surface area contributed by atoms with Crippen molar-refractivity contribution < 1.29 is 9.53 Å². The summed E-state index contributed by atoms with van der Waals surface area (Å²) in [5.74, 6) is -0.0661. The maximum Gasteiger partial charge on any atom is 0.246 e. The minimum absolute atomic E-state index is 0.157. The number of amides is 1. The van der Waals surface area contributed by atoms with Crippen molar-refractivity contribution in [3.63, 3.8) is 0 Å². The maximum atomic E-state index is 11.7. The zero-order chi connectivity index (χ0) is 15.9. The normalized spacial score (nSPS) is 21.3. The largest absolute Gasteiger partial charge is 0.367 e. The number of carbonyl (C=O) groups excluding carboxylic acids is 1. The molecule has 0 saturated carbocycles. The first kappa shape index (κ1) is 17.3. The van der Waals surface area contributed by atoms with Crippen LogP contribution in [0.15, 0.2) is 24.3 Å². The van der Waals surface area contributed by atoms with Crippen LogP contribution in [0, 0.1) is 5.92 Å². The van der Waals surface area contributed by atoms with Gasteiger partial charge in [-0.3, -0.25) is 4.79 Å². The Morgan fingerprint density at radius 3 is 2.95 bits per heavy atom. The molecule has 3 N–H and O–H groups in total. The third-order valence-corrected chi connectivity index (χ3v) is 4.35. The molecule has 1 aromatic carbocycles. The summed E-state index contributed by atoms with van der Waals surface area (Å²) in [5, 5.41) is 4.09. The maximum absolute atomic E-state index is 11.7. The monoisotopic (exact) mass is 324 g/mol. The number of hydrogen-bond donors (Lipinski definition) is 2. The second kappa shape index (κ2) is 8.51. The molecular formula is C17H25ClN2O2. The number of ether oxygens (including phenoxy) is 1. The van der Waals surface area contributed by atoms with Gasteiger partial charge in [-0.15, -0.1) is 0 Å². The van der Waals surface area contributed by atoms with E-state index in [1.165, 1.54) is 0 Å². The van der Waals surface area contributed by atoms with E-state index in [2.05, 4.69) is 5.32 Å². The molecule has 5 heteroatoms. The third kappa shape index (κ3) is 4.70. The lowest BCUT2D eigenvalue weighted by Crippen LogP contribution is -2.38. The lowest BCUT2D eigenvalue weighted by molar-refractivity contribution is -0.137. The van der Waals surface area contributed by atoms with Crippen molar-refractivity contribution in [2.75, 3.05) is 13.1 Å². The van der Waals surface area contributed by atoms with Crippen molar-refractivity contribution in [2.24, 2.45) is 11.7 Å². The number of hydrogen-bond acceptors (Lipinski definition) is 3. The van der Waals surface area contributed by atoms with Crippen LogP contribution in [0.4, 0.5) is 0 Å². The molecule has 3 atom stereocenters. The predicted octanol–water partition coefficient (Wildman–Crippen LogP) is 3.05. The first-order valence-corrected chi connectivity index (χ1v) is 8.40. The first-order chi connectivity index (χ1) is 10.6. The minimum Gasteiger partial charge on any atom is -0.367 e. The summed E-state index contributed by atoms with van der Waals surface area (Å²) in [6, 6.07) is 7.70. The number of benzene rings is 1. The Morgan fingerprint density at radius 1 is 1.55 bits per heavy atom. The van der Waals surface area contributed by atoms with Crippen LogP contribution < -0.4 is 11.1 Å². The predicted molar refractivity (Wildman–Crippen MR) is 88.8 cm³/mol. The van der Waals surface area contributed by atoms with Gasteiger partial charge in [0.1, 0.15) is 6.10 Å². The van der Waals surface area contributed by atoms with E-state index in [1.807, 2.05) is 31.2 Å². The van der Waals surface area contributed by atoms with E-state index in [0.717, 1.165) is 37.9 Å². The zero-order valence-electron chi connectivity index (χ0n) is 13.1. The van der Waals surface area contributed by atoms with E-state index in [1.54, 1.807) is 0 Å². The van der Waals surface area contributed by atoms with Crippen molar-refractivity contribution in [3.05, 3.63) is 34.9 Å². The minimum atomic E-state index is -0.545. The molecule has 1 aromatic rings. The summed E-state index contributed by atoms with van der Waals surface area (Å²) < 4.78 is 6.16. The Hall–Kier alpha value is -1.10. The van der Waals surface area contributed by atoms with Gasteiger partial charge in [0, 0.05) is 17.5 Å². The van der Waals surface area contributed by atoms with Crippen LogP contribution in [0.5, 0.6) is 0 Å². The molecular weight excluding hydrogens is 300 g/mol.